The van der Waals surface area contributed by atoms with Crippen LogP contribution in [0, 0.1) is 0 Å². The summed E-state index contributed by atoms with van der Waals surface area (Å²) in [6.45, 7) is 3.05. The summed E-state index contributed by atoms with van der Waals surface area (Å²) in [5.74, 6) is -1.15. The minimum atomic E-state index is -5.03. The van der Waals surface area contributed by atoms with Gasteiger partial charge in [0.05, 0.1) is 61.3 Å². The van der Waals surface area contributed by atoms with Crippen molar-refractivity contribution in [3.63, 3.8) is 0 Å². The maximum absolute atomic E-state index is 13.8. The Morgan fingerprint density at radius 1 is 1.04 bits per heavy atom. The molecule has 3 heterocycles. The van der Waals surface area contributed by atoms with Crippen LogP contribution in [0.5, 0.6) is 5.75 Å². The first-order valence-corrected chi connectivity index (χ1v) is 16.2. The first-order valence-electron chi connectivity index (χ1n) is 16.2. The number of aliphatic carboxylic acids is 1. The van der Waals surface area contributed by atoms with Gasteiger partial charge in [0, 0.05) is 31.8 Å². The SMILES string of the molecule is CC[C@]1(N)C[C@H](c2ncc(N3CCOCC3)c(Cc3cc(C(F)(F)F)cc(C(F)(F)F)c3)n2)c2cc(OC)ccc2N1C(=O)OCCCC(=O)O. The van der Waals surface area contributed by atoms with Crippen molar-refractivity contribution >= 4 is 23.4 Å². The molecule has 0 aliphatic carbocycles. The number of anilines is 2. The van der Waals surface area contributed by atoms with Gasteiger partial charge in [-0.25, -0.2) is 14.8 Å². The average Bonchev–Trinajstić information content (AvgIpc) is 3.09. The Kier molecular flexibility index (Phi) is 11.0. The van der Waals surface area contributed by atoms with E-state index in [2.05, 4.69) is 4.98 Å². The minimum absolute atomic E-state index is 0.0476. The number of carbonyl (C=O) groups excluding carboxylic acids is 1. The van der Waals surface area contributed by atoms with Crippen LogP contribution in [0.2, 0.25) is 0 Å². The fraction of sp³-hybridized carbons (Fsp3) is 0.471. The lowest BCUT2D eigenvalue weighted by atomic mass is 9.80. The molecule has 0 radical (unpaired) electrons. The molecule has 11 nitrogen and oxygen atoms in total. The Labute approximate surface area is 289 Å². The topological polar surface area (TPSA) is 140 Å². The van der Waals surface area contributed by atoms with E-state index < -0.39 is 47.1 Å². The molecule has 51 heavy (non-hydrogen) atoms. The predicted octanol–water partition coefficient (Wildman–Crippen LogP) is 6.36. The molecule has 0 unspecified atom stereocenters. The number of ether oxygens (including phenoxy) is 3. The van der Waals surface area contributed by atoms with Crippen molar-refractivity contribution in [1.82, 2.24) is 9.97 Å². The molecule has 2 aliphatic rings. The predicted molar refractivity (Wildman–Crippen MR) is 172 cm³/mol. The number of alkyl halides is 6. The third kappa shape index (κ3) is 8.47. The minimum Gasteiger partial charge on any atom is -0.497 e. The number of aromatic nitrogens is 2. The van der Waals surface area contributed by atoms with Crippen LogP contribution in [0.25, 0.3) is 0 Å². The monoisotopic (exact) mass is 725 g/mol. The fourth-order valence-electron chi connectivity index (χ4n) is 6.30. The summed E-state index contributed by atoms with van der Waals surface area (Å²) >= 11 is 0. The molecule has 0 saturated carbocycles. The number of nitrogens with two attached hydrogens (primary N) is 1. The van der Waals surface area contributed by atoms with Crippen molar-refractivity contribution in [2.75, 3.05) is 49.8 Å². The van der Waals surface area contributed by atoms with Crippen LogP contribution in [0.15, 0.2) is 42.6 Å². The van der Waals surface area contributed by atoms with E-state index in [9.17, 15) is 35.9 Å². The number of amides is 1. The molecule has 3 aromatic rings. The molecule has 0 bridgehead atoms. The molecule has 2 aromatic carbocycles. The number of fused-ring (bicyclic) bond motifs is 1. The highest BCUT2D eigenvalue weighted by Gasteiger charge is 2.46. The second-order valence-electron chi connectivity index (χ2n) is 12.3. The zero-order valence-corrected chi connectivity index (χ0v) is 27.8. The number of rotatable bonds is 10. The molecule has 3 N–H and O–H groups in total. The highest BCUT2D eigenvalue weighted by atomic mass is 19.4. The summed E-state index contributed by atoms with van der Waals surface area (Å²) in [4.78, 5) is 37.1. The van der Waals surface area contributed by atoms with E-state index in [1.807, 2.05) is 4.90 Å². The number of halogens is 6. The van der Waals surface area contributed by atoms with Crippen LogP contribution >= 0.6 is 0 Å². The van der Waals surface area contributed by atoms with Gasteiger partial charge in [-0.3, -0.25) is 9.69 Å². The summed E-state index contributed by atoms with van der Waals surface area (Å²) in [6, 6.07) is 6.34. The lowest BCUT2D eigenvalue weighted by molar-refractivity contribution is -0.143. The normalized spacial score (nSPS) is 19.4. The number of hydrogen-bond acceptors (Lipinski definition) is 9. The molecule has 2 aliphatic heterocycles. The molecule has 5 rings (SSSR count). The van der Waals surface area contributed by atoms with Crippen LogP contribution in [-0.2, 0) is 33.0 Å². The van der Waals surface area contributed by atoms with E-state index in [0.29, 0.717) is 61.1 Å². The summed E-state index contributed by atoms with van der Waals surface area (Å²) in [6.07, 6.45) is -9.60. The van der Waals surface area contributed by atoms with Crippen molar-refractivity contribution in [3.8, 4) is 5.75 Å². The summed E-state index contributed by atoms with van der Waals surface area (Å²) in [5, 5.41) is 8.95. The molecule has 17 heteroatoms. The van der Waals surface area contributed by atoms with Crippen molar-refractivity contribution in [1.29, 1.82) is 0 Å². The second kappa shape index (κ2) is 14.9. The van der Waals surface area contributed by atoms with Gasteiger partial charge in [-0.05, 0) is 66.8 Å². The van der Waals surface area contributed by atoms with E-state index >= 15 is 0 Å². The first-order chi connectivity index (χ1) is 24.0. The van der Waals surface area contributed by atoms with Gasteiger partial charge in [-0.1, -0.05) is 6.92 Å². The van der Waals surface area contributed by atoms with Crippen LogP contribution in [0.1, 0.15) is 72.3 Å². The number of methoxy groups -OCH3 is 1. The Hall–Kier alpha value is -4.64. The largest absolute Gasteiger partial charge is 0.497 e. The number of morpholine rings is 1. The number of hydrogen-bond donors (Lipinski definition) is 2. The van der Waals surface area contributed by atoms with Crippen LogP contribution < -0.4 is 20.3 Å². The molecule has 0 spiro atoms. The lowest BCUT2D eigenvalue weighted by Crippen LogP contribution is -2.61. The first kappa shape index (κ1) is 37.6. The van der Waals surface area contributed by atoms with Gasteiger partial charge >= 0.3 is 24.4 Å². The third-order valence-corrected chi connectivity index (χ3v) is 8.96. The Morgan fingerprint density at radius 3 is 2.29 bits per heavy atom. The number of carboxylic acid groups (broad SMARTS) is 1. The zero-order valence-electron chi connectivity index (χ0n) is 27.8. The summed E-state index contributed by atoms with van der Waals surface area (Å²) in [5.41, 5.74) is 3.88. The Balaban J connectivity index is 1.61. The van der Waals surface area contributed by atoms with E-state index in [4.69, 9.17) is 30.0 Å². The zero-order chi connectivity index (χ0) is 37.1. The van der Waals surface area contributed by atoms with Gasteiger partial charge in [-0.15, -0.1) is 0 Å². The summed E-state index contributed by atoms with van der Waals surface area (Å²) in [7, 11) is 1.45. The Morgan fingerprint density at radius 2 is 1.71 bits per heavy atom. The van der Waals surface area contributed by atoms with Gasteiger partial charge in [0.1, 0.15) is 17.2 Å². The van der Waals surface area contributed by atoms with Gasteiger partial charge in [-0.2, -0.15) is 26.3 Å². The molecule has 1 fully saturated rings. The number of carbonyl (C=O) groups is 2. The second-order valence-corrected chi connectivity index (χ2v) is 12.3. The molecule has 1 amide bonds. The van der Waals surface area contributed by atoms with Crippen molar-refractivity contribution < 1.29 is 55.2 Å². The smallest absolute Gasteiger partial charge is 0.416 e. The average molecular weight is 726 g/mol. The van der Waals surface area contributed by atoms with Gasteiger partial charge in [0.15, 0.2) is 0 Å². The highest BCUT2D eigenvalue weighted by Crippen LogP contribution is 2.47. The molecular formula is C34H37F6N5O6. The lowest BCUT2D eigenvalue weighted by Gasteiger charge is -2.46. The van der Waals surface area contributed by atoms with E-state index in [1.54, 1.807) is 25.1 Å². The Bertz CT molecular complexity index is 1720. The molecule has 276 valence electrons. The van der Waals surface area contributed by atoms with E-state index in [-0.39, 0.29) is 61.9 Å². The number of benzene rings is 2. The molecule has 2 atom stereocenters. The van der Waals surface area contributed by atoms with Gasteiger partial charge in [0.25, 0.3) is 0 Å². The van der Waals surface area contributed by atoms with Crippen LogP contribution in [0.4, 0.5) is 42.5 Å². The van der Waals surface area contributed by atoms with Crippen molar-refractivity contribution in [2.24, 2.45) is 5.73 Å². The maximum Gasteiger partial charge on any atom is 0.416 e. The van der Waals surface area contributed by atoms with E-state index in [0.717, 1.165) is 0 Å². The quantitative estimate of drug-likeness (QED) is 0.179. The van der Waals surface area contributed by atoms with Gasteiger partial charge < -0.3 is 30.0 Å². The van der Waals surface area contributed by atoms with Crippen LogP contribution in [0.3, 0.4) is 0 Å². The number of nitrogens with zero attached hydrogens (tertiary/aromatic N) is 4. The summed E-state index contributed by atoms with van der Waals surface area (Å²) < 4.78 is 98.9. The standard InChI is InChI=1S/C34H37F6N5O6/c1-3-32(41)18-25(24-17-23(49-2)6-7-27(24)45(32)31(48)51-10-4-5-29(46)47)30-42-19-28(44-8-11-50-12-9-44)26(43-30)15-20-13-21(33(35,36)37)16-22(14-20)34(38,39)40/h6-7,13-14,16-17,19,25H,3-5,8-12,15,18,41H2,1-2H3,(H,46,47)/t25-,32+/m0/s1. The van der Waals surface area contributed by atoms with Crippen LogP contribution in [-0.4, -0.2) is 72.8 Å². The van der Waals surface area contributed by atoms with Gasteiger partial charge in [0.2, 0.25) is 0 Å². The number of carboxylic acids is 1. The van der Waals surface area contributed by atoms with Crippen molar-refractivity contribution in [3.05, 3.63) is 76.4 Å². The van der Waals surface area contributed by atoms with E-state index in [1.165, 1.54) is 18.2 Å². The maximum atomic E-state index is 13.8. The molecule has 1 saturated heterocycles. The fourth-order valence-corrected chi connectivity index (χ4v) is 6.30. The third-order valence-electron chi connectivity index (χ3n) is 8.96. The molecular weight excluding hydrogens is 688 g/mol. The molecule has 1 aromatic heterocycles. The highest BCUT2D eigenvalue weighted by molar-refractivity contribution is 5.91. The van der Waals surface area contributed by atoms with Crippen molar-refractivity contribution in [2.45, 2.75) is 63.0 Å².